The maximum absolute atomic E-state index is 12.6. The number of carboxylic acids is 1. The number of nitrogens with zero attached hydrogens (tertiary/aromatic N) is 1. The number of likely N-dealkylation sites (tertiary alicyclic amines) is 1. The molecule has 2 aromatic rings. The Morgan fingerprint density at radius 1 is 0.840 bits per heavy atom. The summed E-state index contributed by atoms with van der Waals surface area (Å²) in [5.41, 5.74) is 0.904. The highest BCUT2D eigenvalue weighted by molar-refractivity contribution is 6.05. The Kier molecular flexibility index (Phi) is 4.93. The molecule has 25 heavy (non-hydrogen) atoms. The molecule has 0 aliphatic carbocycles. The van der Waals surface area contributed by atoms with Gasteiger partial charge in [-0.15, -0.1) is 0 Å². The Balaban J connectivity index is 1.68. The molecule has 0 saturated carbocycles. The summed E-state index contributed by atoms with van der Waals surface area (Å²) in [4.78, 5) is 38.1. The molecular formula is C20H19NO4. The normalized spacial score (nSPS) is 15.0. The van der Waals surface area contributed by atoms with Crippen LogP contribution in [0, 0.1) is 5.92 Å². The molecule has 1 heterocycles. The molecule has 1 fully saturated rings. The summed E-state index contributed by atoms with van der Waals surface area (Å²) < 4.78 is 0. The molecular weight excluding hydrogens is 318 g/mol. The molecule has 128 valence electrons. The fraction of sp³-hybridized carbons (Fsp3) is 0.250. The second-order valence-electron chi connectivity index (χ2n) is 6.15. The van der Waals surface area contributed by atoms with Crippen LogP contribution in [0.15, 0.2) is 54.6 Å². The maximum atomic E-state index is 12.6. The first-order chi connectivity index (χ1) is 12.1. The second-order valence-corrected chi connectivity index (χ2v) is 6.15. The Morgan fingerprint density at radius 3 is 2.00 bits per heavy atom. The van der Waals surface area contributed by atoms with Crippen molar-refractivity contribution in [3.63, 3.8) is 0 Å². The van der Waals surface area contributed by atoms with Crippen molar-refractivity contribution in [1.82, 2.24) is 4.90 Å². The molecule has 1 saturated heterocycles. The van der Waals surface area contributed by atoms with Crippen molar-refractivity contribution in [3.8, 4) is 0 Å². The number of amides is 1. The lowest BCUT2D eigenvalue weighted by Gasteiger charge is -2.31. The van der Waals surface area contributed by atoms with Crippen molar-refractivity contribution < 1.29 is 19.5 Å². The Bertz CT molecular complexity index is 792. The monoisotopic (exact) mass is 337 g/mol. The van der Waals surface area contributed by atoms with E-state index >= 15 is 0 Å². The molecule has 5 heteroatoms. The third kappa shape index (κ3) is 3.60. The Labute approximate surface area is 145 Å². The minimum absolute atomic E-state index is 0.00925. The number of benzene rings is 2. The summed E-state index contributed by atoms with van der Waals surface area (Å²) >= 11 is 0. The molecule has 0 spiro atoms. The van der Waals surface area contributed by atoms with Gasteiger partial charge >= 0.3 is 5.97 Å². The third-order valence-electron chi connectivity index (χ3n) is 4.60. The van der Waals surface area contributed by atoms with Crippen LogP contribution in [0.4, 0.5) is 0 Å². The van der Waals surface area contributed by atoms with Crippen molar-refractivity contribution in [2.75, 3.05) is 13.1 Å². The van der Waals surface area contributed by atoms with Crippen LogP contribution in [-0.2, 0) is 0 Å². The average Bonchev–Trinajstić information content (AvgIpc) is 2.67. The predicted molar refractivity (Wildman–Crippen MR) is 92.8 cm³/mol. The highest BCUT2D eigenvalue weighted by Crippen LogP contribution is 2.23. The van der Waals surface area contributed by atoms with Gasteiger partial charge in [-0.1, -0.05) is 42.5 Å². The highest BCUT2D eigenvalue weighted by atomic mass is 16.4. The van der Waals surface area contributed by atoms with Crippen LogP contribution in [0.25, 0.3) is 0 Å². The van der Waals surface area contributed by atoms with Crippen LogP contribution in [0.2, 0.25) is 0 Å². The van der Waals surface area contributed by atoms with Gasteiger partial charge in [0.15, 0.2) is 5.78 Å². The highest BCUT2D eigenvalue weighted by Gasteiger charge is 2.29. The molecule has 0 radical (unpaired) electrons. The lowest BCUT2D eigenvalue weighted by atomic mass is 9.88. The van der Waals surface area contributed by atoms with E-state index in [0.29, 0.717) is 31.5 Å². The number of carboxylic acid groups (broad SMARTS) is 1. The van der Waals surface area contributed by atoms with Gasteiger partial charge in [-0.2, -0.15) is 0 Å². The van der Waals surface area contributed by atoms with Gasteiger partial charge in [0, 0.05) is 24.6 Å². The van der Waals surface area contributed by atoms with Crippen molar-refractivity contribution in [2.45, 2.75) is 12.8 Å². The maximum Gasteiger partial charge on any atom is 0.336 e. The zero-order valence-electron chi connectivity index (χ0n) is 13.7. The SMILES string of the molecule is O=C(O)c1ccccc1C(=O)N1CCC(C(=O)c2ccccc2)CC1. The predicted octanol–water partition coefficient (Wildman–Crippen LogP) is 3.12. The molecule has 2 aromatic carbocycles. The summed E-state index contributed by atoms with van der Waals surface area (Å²) in [5.74, 6) is -1.39. The molecule has 5 nitrogen and oxygen atoms in total. The van der Waals surface area contributed by atoms with E-state index in [1.165, 1.54) is 12.1 Å². The van der Waals surface area contributed by atoms with Gasteiger partial charge in [-0.25, -0.2) is 4.79 Å². The third-order valence-corrected chi connectivity index (χ3v) is 4.60. The number of ketones is 1. The zero-order valence-corrected chi connectivity index (χ0v) is 13.7. The van der Waals surface area contributed by atoms with E-state index in [0.717, 1.165) is 0 Å². The summed E-state index contributed by atoms with van der Waals surface area (Å²) in [7, 11) is 0. The van der Waals surface area contributed by atoms with Crippen LogP contribution in [0.5, 0.6) is 0 Å². The van der Waals surface area contributed by atoms with E-state index in [9.17, 15) is 19.5 Å². The molecule has 0 bridgehead atoms. The van der Waals surface area contributed by atoms with E-state index in [-0.39, 0.29) is 28.7 Å². The Morgan fingerprint density at radius 2 is 1.40 bits per heavy atom. The second kappa shape index (κ2) is 7.30. The summed E-state index contributed by atoms with van der Waals surface area (Å²) in [5, 5.41) is 9.24. The van der Waals surface area contributed by atoms with E-state index in [4.69, 9.17) is 0 Å². The van der Waals surface area contributed by atoms with Gasteiger partial charge in [-0.05, 0) is 25.0 Å². The van der Waals surface area contributed by atoms with Crippen LogP contribution >= 0.6 is 0 Å². The van der Waals surface area contributed by atoms with E-state index in [1.54, 1.807) is 17.0 Å². The minimum Gasteiger partial charge on any atom is -0.478 e. The number of carbonyl (C=O) groups excluding carboxylic acids is 2. The summed E-state index contributed by atoms with van der Waals surface area (Å²) in [6, 6.07) is 15.4. The van der Waals surface area contributed by atoms with Gasteiger partial charge in [0.2, 0.25) is 0 Å². The molecule has 3 rings (SSSR count). The van der Waals surface area contributed by atoms with E-state index in [1.807, 2.05) is 30.3 Å². The number of hydrogen-bond donors (Lipinski definition) is 1. The molecule has 1 aliphatic heterocycles. The fourth-order valence-corrected chi connectivity index (χ4v) is 3.21. The first kappa shape index (κ1) is 16.9. The minimum atomic E-state index is -1.11. The fourth-order valence-electron chi connectivity index (χ4n) is 3.21. The van der Waals surface area contributed by atoms with Crippen molar-refractivity contribution in [1.29, 1.82) is 0 Å². The van der Waals surface area contributed by atoms with Crippen LogP contribution in [0.3, 0.4) is 0 Å². The van der Waals surface area contributed by atoms with Crippen LogP contribution in [-0.4, -0.2) is 40.8 Å². The number of rotatable bonds is 4. The molecule has 1 N–H and O–H groups in total. The number of hydrogen-bond acceptors (Lipinski definition) is 3. The smallest absolute Gasteiger partial charge is 0.336 e. The molecule has 0 atom stereocenters. The first-order valence-corrected chi connectivity index (χ1v) is 8.29. The summed E-state index contributed by atoms with van der Waals surface area (Å²) in [6.07, 6.45) is 1.18. The number of Topliss-reactive ketones (excluding diaryl/α,β-unsaturated/α-hetero) is 1. The van der Waals surface area contributed by atoms with Crippen molar-refractivity contribution in [2.24, 2.45) is 5.92 Å². The van der Waals surface area contributed by atoms with Crippen molar-refractivity contribution >= 4 is 17.7 Å². The largest absolute Gasteiger partial charge is 0.478 e. The molecule has 1 aliphatic rings. The average molecular weight is 337 g/mol. The standard InChI is InChI=1S/C20H19NO4/c22-18(14-6-2-1-3-7-14)15-10-12-21(13-11-15)19(23)16-8-4-5-9-17(16)20(24)25/h1-9,15H,10-13H2,(H,24,25). The van der Waals surface area contributed by atoms with Gasteiger partial charge in [0.25, 0.3) is 5.91 Å². The van der Waals surface area contributed by atoms with Gasteiger partial charge in [0.05, 0.1) is 11.1 Å². The quantitative estimate of drug-likeness (QED) is 0.870. The van der Waals surface area contributed by atoms with Gasteiger partial charge in [-0.3, -0.25) is 9.59 Å². The number of aromatic carboxylic acids is 1. The van der Waals surface area contributed by atoms with E-state index in [2.05, 4.69) is 0 Å². The molecule has 0 unspecified atom stereocenters. The lowest BCUT2D eigenvalue weighted by Crippen LogP contribution is -2.40. The molecule has 1 amide bonds. The lowest BCUT2D eigenvalue weighted by molar-refractivity contribution is 0.0632. The van der Waals surface area contributed by atoms with Crippen LogP contribution in [0.1, 0.15) is 43.9 Å². The zero-order chi connectivity index (χ0) is 17.8. The summed E-state index contributed by atoms with van der Waals surface area (Å²) in [6.45, 7) is 0.909. The molecule has 0 aromatic heterocycles. The van der Waals surface area contributed by atoms with Gasteiger partial charge in [0.1, 0.15) is 0 Å². The van der Waals surface area contributed by atoms with Crippen LogP contribution < -0.4 is 0 Å². The van der Waals surface area contributed by atoms with Gasteiger partial charge < -0.3 is 10.0 Å². The number of carbonyl (C=O) groups is 3. The van der Waals surface area contributed by atoms with Crippen molar-refractivity contribution in [3.05, 3.63) is 71.3 Å². The number of piperidine rings is 1. The Hall–Kier alpha value is -2.95. The topological polar surface area (TPSA) is 74.7 Å². The van der Waals surface area contributed by atoms with E-state index < -0.39 is 5.97 Å². The first-order valence-electron chi connectivity index (χ1n) is 8.29.